The normalized spacial score (nSPS) is 16.9. The zero-order valence-corrected chi connectivity index (χ0v) is 13.1. The lowest BCUT2D eigenvalue weighted by Gasteiger charge is -2.27. The van der Waals surface area contributed by atoms with Gasteiger partial charge in [-0.3, -0.25) is 4.79 Å². The van der Waals surface area contributed by atoms with Gasteiger partial charge in [0, 0.05) is 17.6 Å². The van der Waals surface area contributed by atoms with Crippen molar-refractivity contribution in [3.05, 3.63) is 70.2 Å². The summed E-state index contributed by atoms with van der Waals surface area (Å²) in [5.41, 5.74) is 3.59. The van der Waals surface area contributed by atoms with E-state index in [4.69, 9.17) is 11.6 Å². The fourth-order valence-corrected chi connectivity index (χ4v) is 3.10. The summed E-state index contributed by atoms with van der Waals surface area (Å²) in [6.45, 7) is 1.56. The number of rotatable bonds is 4. The van der Waals surface area contributed by atoms with Crippen LogP contribution < -0.4 is 10.6 Å². The number of nitrogens with one attached hydrogen (secondary N) is 2. The number of benzene rings is 2. The Morgan fingerprint density at radius 2 is 2.09 bits per heavy atom. The predicted molar refractivity (Wildman–Crippen MR) is 89.1 cm³/mol. The molecule has 0 bridgehead atoms. The average molecular weight is 315 g/mol. The van der Waals surface area contributed by atoms with Gasteiger partial charge in [-0.2, -0.15) is 0 Å². The van der Waals surface area contributed by atoms with Gasteiger partial charge in [-0.05, 0) is 41.8 Å². The molecule has 1 aliphatic heterocycles. The number of amides is 1. The zero-order chi connectivity index (χ0) is 15.4. The fourth-order valence-electron chi connectivity index (χ4n) is 2.89. The van der Waals surface area contributed by atoms with Crippen LogP contribution in [0.25, 0.3) is 0 Å². The lowest BCUT2D eigenvalue weighted by atomic mass is 9.94. The first-order chi connectivity index (χ1) is 10.7. The summed E-state index contributed by atoms with van der Waals surface area (Å²) in [6, 6.07) is 16.0. The van der Waals surface area contributed by atoms with Crippen molar-refractivity contribution in [2.75, 3.05) is 13.1 Å². The van der Waals surface area contributed by atoms with Gasteiger partial charge in [-0.1, -0.05) is 48.0 Å². The lowest BCUT2D eigenvalue weighted by Crippen LogP contribution is -2.39. The highest BCUT2D eigenvalue weighted by Crippen LogP contribution is 2.21. The van der Waals surface area contributed by atoms with Crippen molar-refractivity contribution in [2.45, 2.75) is 18.9 Å². The first kappa shape index (κ1) is 15.1. The summed E-state index contributed by atoms with van der Waals surface area (Å²) in [6.07, 6.45) is 1.40. The van der Waals surface area contributed by atoms with Crippen LogP contribution in [0.2, 0.25) is 5.02 Å². The minimum Gasteiger partial charge on any atom is -0.354 e. The van der Waals surface area contributed by atoms with E-state index in [0.717, 1.165) is 18.5 Å². The summed E-state index contributed by atoms with van der Waals surface area (Å²) < 4.78 is 0. The maximum absolute atomic E-state index is 12.1. The molecule has 4 heteroatoms. The Kier molecular flexibility index (Phi) is 4.76. The van der Waals surface area contributed by atoms with Crippen LogP contribution in [0.4, 0.5) is 0 Å². The number of hydrogen-bond acceptors (Lipinski definition) is 2. The first-order valence-electron chi connectivity index (χ1n) is 7.55. The Hall–Kier alpha value is -1.84. The van der Waals surface area contributed by atoms with Crippen LogP contribution in [0.1, 0.15) is 22.7 Å². The predicted octanol–water partition coefficient (Wildman–Crippen LogP) is 2.89. The molecule has 0 fully saturated rings. The van der Waals surface area contributed by atoms with Gasteiger partial charge in [-0.15, -0.1) is 0 Å². The molecule has 0 aromatic heterocycles. The number of halogens is 1. The molecule has 1 heterocycles. The highest BCUT2D eigenvalue weighted by Gasteiger charge is 2.19. The van der Waals surface area contributed by atoms with Crippen LogP contribution in [0.3, 0.4) is 0 Å². The van der Waals surface area contributed by atoms with E-state index in [1.54, 1.807) is 0 Å². The van der Waals surface area contributed by atoms with Crippen LogP contribution in [-0.2, 0) is 17.6 Å². The maximum Gasteiger partial charge on any atom is 0.224 e. The van der Waals surface area contributed by atoms with E-state index >= 15 is 0 Å². The van der Waals surface area contributed by atoms with Crippen molar-refractivity contribution >= 4 is 17.5 Å². The van der Waals surface area contributed by atoms with Crippen molar-refractivity contribution in [1.82, 2.24) is 10.6 Å². The molecule has 1 unspecified atom stereocenters. The molecule has 0 aliphatic carbocycles. The molecule has 2 N–H and O–H groups in total. The second-order valence-electron chi connectivity index (χ2n) is 5.57. The average Bonchev–Trinajstić information content (AvgIpc) is 2.53. The highest BCUT2D eigenvalue weighted by atomic mass is 35.5. The fraction of sp³-hybridized carbons (Fsp3) is 0.278. The monoisotopic (exact) mass is 314 g/mol. The third-order valence-corrected chi connectivity index (χ3v) is 4.21. The van der Waals surface area contributed by atoms with E-state index in [0.29, 0.717) is 18.0 Å². The van der Waals surface area contributed by atoms with Crippen LogP contribution in [0, 0.1) is 0 Å². The van der Waals surface area contributed by atoms with Gasteiger partial charge in [0.05, 0.1) is 6.42 Å². The van der Waals surface area contributed by atoms with Gasteiger partial charge in [-0.25, -0.2) is 0 Å². The highest BCUT2D eigenvalue weighted by molar-refractivity contribution is 6.30. The molecule has 2 aromatic rings. The summed E-state index contributed by atoms with van der Waals surface area (Å²) in [4.78, 5) is 12.1. The van der Waals surface area contributed by atoms with Crippen LogP contribution in [0.5, 0.6) is 0 Å². The standard InChI is InChI=1S/C18H19ClN2O/c19-15-6-3-4-13(10-15)11-18(22)21-12-17-16-7-2-1-5-14(16)8-9-20-17/h1-7,10,17,20H,8-9,11-12H2,(H,21,22). The van der Waals surface area contributed by atoms with Crippen molar-refractivity contribution in [2.24, 2.45) is 0 Å². The van der Waals surface area contributed by atoms with E-state index in [1.807, 2.05) is 30.3 Å². The number of hydrogen-bond donors (Lipinski definition) is 2. The second-order valence-corrected chi connectivity index (χ2v) is 6.00. The number of carbonyl (C=O) groups is 1. The molecule has 0 saturated carbocycles. The molecule has 0 radical (unpaired) electrons. The molecule has 0 spiro atoms. The van der Waals surface area contributed by atoms with E-state index < -0.39 is 0 Å². The summed E-state index contributed by atoms with van der Waals surface area (Å²) in [5.74, 6) is 0.0205. The van der Waals surface area contributed by atoms with Gasteiger partial charge < -0.3 is 10.6 Å². The Morgan fingerprint density at radius 3 is 2.95 bits per heavy atom. The number of fused-ring (bicyclic) bond motifs is 1. The summed E-state index contributed by atoms with van der Waals surface area (Å²) in [5, 5.41) is 7.14. The van der Waals surface area contributed by atoms with Gasteiger partial charge >= 0.3 is 0 Å². The van der Waals surface area contributed by atoms with Crippen LogP contribution >= 0.6 is 11.6 Å². The Morgan fingerprint density at radius 1 is 1.23 bits per heavy atom. The third-order valence-electron chi connectivity index (χ3n) is 3.97. The van der Waals surface area contributed by atoms with E-state index in [-0.39, 0.29) is 11.9 Å². The Bertz CT molecular complexity index is 672. The SMILES string of the molecule is O=C(Cc1cccc(Cl)c1)NCC1NCCc2ccccc21. The van der Waals surface area contributed by atoms with Gasteiger partial charge in [0.1, 0.15) is 0 Å². The molecule has 3 nitrogen and oxygen atoms in total. The Labute approximate surface area is 135 Å². The maximum atomic E-state index is 12.1. The molecule has 3 rings (SSSR count). The van der Waals surface area contributed by atoms with Crippen LogP contribution in [0.15, 0.2) is 48.5 Å². The minimum absolute atomic E-state index is 0.0205. The van der Waals surface area contributed by atoms with Gasteiger partial charge in [0.2, 0.25) is 5.91 Å². The topological polar surface area (TPSA) is 41.1 Å². The smallest absolute Gasteiger partial charge is 0.224 e. The lowest BCUT2D eigenvalue weighted by molar-refractivity contribution is -0.120. The summed E-state index contributed by atoms with van der Waals surface area (Å²) in [7, 11) is 0. The van der Waals surface area contributed by atoms with Crippen molar-refractivity contribution < 1.29 is 4.79 Å². The zero-order valence-electron chi connectivity index (χ0n) is 12.3. The van der Waals surface area contributed by atoms with Gasteiger partial charge in [0.15, 0.2) is 0 Å². The molecule has 22 heavy (non-hydrogen) atoms. The molecule has 1 atom stereocenters. The summed E-state index contributed by atoms with van der Waals surface area (Å²) >= 11 is 5.94. The van der Waals surface area contributed by atoms with E-state index in [9.17, 15) is 4.79 Å². The minimum atomic E-state index is 0.0205. The molecular formula is C18H19ClN2O. The number of carbonyl (C=O) groups excluding carboxylic acids is 1. The van der Waals surface area contributed by atoms with Crippen LogP contribution in [-0.4, -0.2) is 19.0 Å². The molecule has 2 aromatic carbocycles. The van der Waals surface area contributed by atoms with Gasteiger partial charge in [0.25, 0.3) is 0 Å². The second kappa shape index (κ2) is 6.95. The molecular weight excluding hydrogens is 296 g/mol. The molecule has 114 valence electrons. The molecule has 1 amide bonds. The van der Waals surface area contributed by atoms with E-state index in [2.05, 4.69) is 28.8 Å². The molecule has 0 saturated heterocycles. The first-order valence-corrected chi connectivity index (χ1v) is 7.92. The molecule has 1 aliphatic rings. The van der Waals surface area contributed by atoms with E-state index in [1.165, 1.54) is 11.1 Å². The van der Waals surface area contributed by atoms with Crippen molar-refractivity contribution in [3.8, 4) is 0 Å². The van der Waals surface area contributed by atoms with Crippen molar-refractivity contribution in [1.29, 1.82) is 0 Å². The quantitative estimate of drug-likeness (QED) is 0.911. The third kappa shape index (κ3) is 3.67. The Balaban J connectivity index is 1.58. The van der Waals surface area contributed by atoms with Crippen molar-refractivity contribution in [3.63, 3.8) is 0 Å². The largest absolute Gasteiger partial charge is 0.354 e.